The van der Waals surface area contributed by atoms with Gasteiger partial charge in [-0.15, -0.1) is 0 Å². The van der Waals surface area contributed by atoms with E-state index in [9.17, 15) is 9.46 Å². The van der Waals surface area contributed by atoms with Crippen LogP contribution in [-0.4, -0.2) is 64.0 Å². The molecule has 0 bridgehead atoms. The molecule has 0 aromatic heterocycles. The quantitative estimate of drug-likeness (QED) is 0.692. The molecule has 2 rings (SSSR count). The van der Waals surface area contributed by atoms with Crippen molar-refractivity contribution < 1.29 is 18.5 Å². The van der Waals surface area contributed by atoms with E-state index < -0.39 is 7.82 Å². The summed E-state index contributed by atoms with van der Waals surface area (Å²) in [6, 6.07) is 16.7. The third kappa shape index (κ3) is 6.98. The van der Waals surface area contributed by atoms with Gasteiger partial charge < -0.3 is 9.05 Å². The summed E-state index contributed by atoms with van der Waals surface area (Å²) in [4.78, 5) is 9.53. The third-order valence-electron chi connectivity index (χ3n) is 1.93. The number of para-hydroxylation sites is 2. The molecule has 19 heavy (non-hydrogen) atoms. The molecule has 2 aromatic carbocycles. The van der Waals surface area contributed by atoms with Crippen molar-refractivity contribution in [3.8, 4) is 11.5 Å². The van der Waals surface area contributed by atoms with Gasteiger partial charge >= 0.3 is 66.9 Å². The maximum atomic E-state index is 11.7. The zero-order valence-corrected chi connectivity index (χ0v) is 9.79. The maximum absolute atomic E-state index is 11.7. The van der Waals surface area contributed by atoms with Gasteiger partial charge in [0.1, 0.15) is 11.5 Å². The molecule has 0 unspecified atom stereocenters. The van der Waals surface area contributed by atoms with Gasteiger partial charge in [-0.25, -0.2) is 4.57 Å². The van der Waals surface area contributed by atoms with E-state index in [4.69, 9.17) is 9.05 Å². The van der Waals surface area contributed by atoms with Crippen LogP contribution in [0.15, 0.2) is 60.7 Å². The van der Waals surface area contributed by atoms with E-state index in [-0.39, 0.29) is 70.6 Å². The molecule has 0 saturated carbocycles. The van der Waals surface area contributed by atoms with Gasteiger partial charge in [-0.2, -0.15) is 0 Å². The molecule has 0 spiro atoms. The molecule has 0 atom stereocenters. The Morgan fingerprint density at radius 2 is 1.05 bits per heavy atom. The van der Waals surface area contributed by atoms with Crippen LogP contribution in [0.25, 0.3) is 0 Å². The molecule has 92 valence electrons. The van der Waals surface area contributed by atoms with Gasteiger partial charge in [0.2, 0.25) is 0 Å². The molecule has 0 aliphatic heterocycles. The van der Waals surface area contributed by atoms with E-state index in [1.165, 1.54) is 0 Å². The number of hydrogen-bond acceptors (Lipinski definition) is 3. The second-order valence-electron chi connectivity index (χ2n) is 3.28. The Kier molecular flexibility index (Phi) is 9.33. The fraction of sp³-hybridized carbons (Fsp3) is 0. The summed E-state index contributed by atoms with van der Waals surface area (Å²) >= 11 is 0. The number of hydrogen-bond donors (Lipinski definition) is 1. The van der Waals surface area contributed by atoms with E-state index in [1.807, 2.05) is 0 Å². The first-order valence-corrected chi connectivity index (χ1v) is 6.47. The van der Waals surface area contributed by atoms with Crippen LogP contribution in [-0.2, 0) is 4.57 Å². The van der Waals surface area contributed by atoms with Crippen molar-refractivity contribution in [2.75, 3.05) is 0 Å². The topological polar surface area (TPSA) is 55.8 Å². The van der Waals surface area contributed by atoms with Gasteiger partial charge in [0.05, 0.1) is 0 Å². The Morgan fingerprint density at radius 1 is 0.737 bits per heavy atom. The summed E-state index contributed by atoms with van der Waals surface area (Å²) in [5.74, 6) is 0.573. The summed E-state index contributed by atoms with van der Waals surface area (Å²) < 4.78 is 21.5. The van der Waals surface area contributed by atoms with Crippen LogP contribution >= 0.6 is 7.82 Å². The fourth-order valence-corrected chi connectivity index (χ4v) is 2.06. The van der Waals surface area contributed by atoms with Crippen LogP contribution in [0, 0.1) is 0 Å². The molecular weight excluding hydrogens is 285 g/mol. The van der Waals surface area contributed by atoms with Crippen molar-refractivity contribution >= 4 is 66.9 Å². The SMILES string of the molecule is O=P(O)(Oc1ccccc1)Oc1ccccc1.[NaH].[NaH]. The van der Waals surface area contributed by atoms with Crippen LogP contribution in [0.5, 0.6) is 11.5 Å². The first-order chi connectivity index (χ1) is 8.16. The molecular formula is C12H13Na2O4P. The molecule has 0 aliphatic rings. The summed E-state index contributed by atoms with van der Waals surface area (Å²) in [6.45, 7) is 0. The first kappa shape index (κ1) is 19.2. The van der Waals surface area contributed by atoms with Gasteiger partial charge in [0, 0.05) is 0 Å². The standard InChI is InChI=1S/C12H11O4P.2Na.2H/c13-17(14,15-11-7-3-1-4-8-11)16-12-9-5-2-6-10-12;;;;/h1-10H,(H,13,14);;;;. The Morgan fingerprint density at radius 3 is 1.37 bits per heavy atom. The minimum absolute atomic E-state index is 0. The number of phosphoric acid groups is 1. The summed E-state index contributed by atoms with van der Waals surface area (Å²) in [6.07, 6.45) is 0. The number of benzene rings is 2. The zero-order valence-electron chi connectivity index (χ0n) is 8.89. The van der Waals surface area contributed by atoms with Crippen LogP contribution in [0.2, 0.25) is 0 Å². The first-order valence-electron chi connectivity index (χ1n) is 4.98. The van der Waals surface area contributed by atoms with Crippen molar-refractivity contribution in [3.05, 3.63) is 60.7 Å². The Hall–Kier alpha value is 0.230. The molecule has 0 saturated heterocycles. The van der Waals surface area contributed by atoms with E-state index in [0.717, 1.165) is 0 Å². The van der Waals surface area contributed by atoms with Crippen molar-refractivity contribution in [3.63, 3.8) is 0 Å². The molecule has 0 heterocycles. The summed E-state index contributed by atoms with van der Waals surface area (Å²) in [5, 5.41) is 0. The van der Waals surface area contributed by atoms with Crippen LogP contribution in [0.3, 0.4) is 0 Å². The monoisotopic (exact) mass is 298 g/mol. The zero-order chi connectivity index (χ0) is 12.1. The minimum atomic E-state index is -4.14. The second-order valence-corrected chi connectivity index (χ2v) is 4.58. The Bertz CT molecular complexity index is 476. The number of phosphoric ester groups is 1. The normalized spacial score (nSPS) is 9.74. The summed E-state index contributed by atoms with van der Waals surface area (Å²) in [5.41, 5.74) is 0. The molecule has 7 heteroatoms. The molecule has 1 N–H and O–H groups in total. The molecule has 0 radical (unpaired) electrons. The van der Waals surface area contributed by atoms with Gasteiger partial charge in [0.15, 0.2) is 0 Å². The second kappa shape index (κ2) is 9.22. The van der Waals surface area contributed by atoms with E-state index in [1.54, 1.807) is 60.7 Å². The molecule has 4 nitrogen and oxygen atoms in total. The molecule has 2 aromatic rings. The van der Waals surface area contributed by atoms with Crippen molar-refractivity contribution in [2.24, 2.45) is 0 Å². The molecule has 0 aliphatic carbocycles. The average Bonchev–Trinajstić information content (AvgIpc) is 2.30. The van der Waals surface area contributed by atoms with E-state index in [2.05, 4.69) is 0 Å². The fourth-order valence-electron chi connectivity index (χ4n) is 1.25. The Labute approximate surface area is 156 Å². The van der Waals surface area contributed by atoms with Crippen molar-refractivity contribution in [2.45, 2.75) is 0 Å². The van der Waals surface area contributed by atoms with Crippen LogP contribution in [0.1, 0.15) is 0 Å². The van der Waals surface area contributed by atoms with Crippen LogP contribution < -0.4 is 9.05 Å². The molecule has 0 amide bonds. The number of rotatable bonds is 4. The van der Waals surface area contributed by atoms with E-state index >= 15 is 0 Å². The van der Waals surface area contributed by atoms with Gasteiger partial charge in [-0.05, 0) is 24.3 Å². The predicted molar refractivity (Wildman–Crippen MR) is 78.3 cm³/mol. The molecule has 0 fully saturated rings. The van der Waals surface area contributed by atoms with Crippen molar-refractivity contribution in [1.29, 1.82) is 0 Å². The van der Waals surface area contributed by atoms with Gasteiger partial charge in [0.25, 0.3) is 0 Å². The summed E-state index contributed by atoms with van der Waals surface area (Å²) in [7, 11) is -4.14. The van der Waals surface area contributed by atoms with Gasteiger partial charge in [-0.3, -0.25) is 4.89 Å². The Balaban J connectivity index is 0.00000162. The van der Waals surface area contributed by atoms with Crippen molar-refractivity contribution in [1.82, 2.24) is 0 Å². The van der Waals surface area contributed by atoms with Gasteiger partial charge in [-0.1, -0.05) is 36.4 Å². The van der Waals surface area contributed by atoms with Crippen LogP contribution in [0.4, 0.5) is 0 Å². The predicted octanol–water partition coefficient (Wildman–Crippen LogP) is 1.95. The third-order valence-corrected chi connectivity index (χ3v) is 2.81. The average molecular weight is 298 g/mol. The van der Waals surface area contributed by atoms with E-state index in [0.29, 0.717) is 0 Å².